The minimum absolute atomic E-state index is 0.103. The van der Waals surface area contributed by atoms with Gasteiger partial charge in [0.1, 0.15) is 0 Å². The van der Waals surface area contributed by atoms with Gasteiger partial charge in [0.25, 0.3) is 0 Å². The molecule has 1 heterocycles. The van der Waals surface area contributed by atoms with E-state index in [-0.39, 0.29) is 24.2 Å². The SMILES string of the molecule is C=CC(C)N(OC1CCCCO1)C(=O)C1CCCCC1. The van der Waals surface area contributed by atoms with Crippen LogP contribution < -0.4 is 0 Å². The quantitative estimate of drug-likeness (QED) is 0.572. The molecule has 0 aromatic rings. The van der Waals surface area contributed by atoms with Gasteiger partial charge >= 0.3 is 0 Å². The van der Waals surface area contributed by atoms with Gasteiger partial charge in [0.05, 0.1) is 6.04 Å². The van der Waals surface area contributed by atoms with E-state index < -0.39 is 0 Å². The Morgan fingerprint density at radius 1 is 1.25 bits per heavy atom. The third-order valence-electron chi connectivity index (χ3n) is 4.25. The first-order valence-corrected chi connectivity index (χ1v) is 7.96. The zero-order valence-electron chi connectivity index (χ0n) is 12.6. The molecule has 0 radical (unpaired) electrons. The van der Waals surface area contributed by atoms with E-state index >= 15 is 0 Å². The standard InChI is InChI=1S/C16H27NO3/c1-3-13(2)17(20-15-11-7-8-12-19-15)16(18)14-9-5-4-6-10-14/h3,13-15H,1,4-12H2,2H3. The smallest absolute Gasteiger partial charge is 0.249 e. The van der Waals surface area contributed by atoms with Crippen LogP contribution in [0.5, 0.6) is 0 Å². The van der Waals surface area contributed by atoms with E-state index in [1.54, 1.807) is 6.08 Å². The van der Waals surface area contributed by atoms with Crippen LogP contribution in [-0.4, -0.2) is 29.9 Å². The molecule has 1 amide bonds. The fourth-order valence-corrected chi connectivity index (χ4v) is 2.89. The van der Waals surface area contributed by atoms with Crippen molar-refractivity contribution in [1.29, 1.82) is 0 Å². The highest BCUT2D eigenvalue weighted by atomic mass is 16.8. The fourth-order valence-electron chi connectivity index (χ4n) is 2.89. The Bertz CT molecular complexity index is 320. The Morgan fingerprint density at radius 3 is 2.55 bits per heavy atom. The van der Waals surface area contributed by atoms with Crippen molar-refractivity contribution < 1.29 is 14.4 Å². The Morgan fingerprint density at radius 2 is 1.95 bits per heavy atom. The summed E-state index contributed by atoms with van der Waals surface area (Å²) >= 11 is 0. The van der Waals surface area contributed by atoms with Crippen molar-refractivity contribution in [2.45, 2.75) is 70.6 Å². The second-order valence-corrected chi connectivity index (χ2v) is 5.88. The molecule has 4 heteroatoms. The molecule has 0 spiro atoms. The number of carbonyl (C=O) groups excluding carboxylic acids is 1. The molecule has 2 atom stereocenters. The summed E-state index contributed by atoms with van der Waals surface area (Å²) in [5.74, 6) is 0.209. The molecule has 4 nitrogen and oxygen atoms in total. The normalized spacial score (nSPS) is 25.9. The van der Waals surface area contributed by atoms with Crippen LogP contribution in [0.3, 0.4) is 0 Å². The summed E-state index contributed by atoms with van der Waals surface area (Å²) in [6.45, 7) is 6.45. The van der Waals surface area contributed by atoms with Crippen LogP contribution in [0.15, 0.2) is 12.7 Å². The first-order chi connectivity index (χ1) is 9.72. The zero-order valence-corrected chi connectivity index (χ0v) is 12.6. The molecule has 2 aliphatic rings. The molecule has 1 saturated heterocycles. The molecular weight excluding hydrogens is 254 g/mol. The maximum Gasteiger partial charge on any atom is 0.249 e. The van der Waals surface area contributed by atoms with Gasteiger partial charge < -0.3 is 4.74 Å². The molecular formula is C16H27NO3. The van der Waals surface area contributed by atoms with Crippen molar-refractivity contribution in [1.82, 2.24) is 5.06 Å². The summed E-state index contributed by atoms with van der Waals surface area (Å²) in [5.41, 5.74) is 0. The second-order valence-electron chi connectivity index (χ2n) is 5.88. The Hall–Kier alpha value is -0.870. The maximum atomic E-state index is 12.7. The van der Waals surface area contributed by atoms with Crippen LogP contribution in [0, 0.1) is 5.92 Å². The predicted molar refractivity (Wildman–Crippen MR) is 77.8 cm³/mol. The van der Waals surface area contributed by atoms with E-state index in [2.05, 4.69) is 6.58 Å². The van der Waals surface area contributed by atoms with Gasteiger partial charge in [-0.2, -0.15) is 0 Å². The van der Waals surface area contributed by atoms with Crippen LogP contribution in [0.2, 0.25) is 0 Å². The first-order valence-electron chi connectivity index (χ1n) is 7.96. The van der Waals surface area contributed by atoms with Gasteiger partial charge in [-0.3, -0.25) is 4.79 Å². The minimum Gasteiger partial charge on any atom is -0.350 e. The zero-order chi connectivity index (χ0) is 14.4. The van der Waals surface area contributed by atoms with Crippen LogP contribution in [0.4, 0.5) is 0 Å². The Labute approximate surface area is 122 Å². The van der Waals surface area contributed by atoms with E-state index in [0.29, 0.717) is 0 Å². The number of ether oxygens (including phenoxy) is 1. The molecule has 2 unspecified atom stereocenters. The maximum absolute atomic E-state index is 12.7. The highest BCUT2D eigenvalue weighted by Gasteiger charge is 2.31. The molecule has 114 valence electrons. The lowest BCUT2D eigenvalue weighted by Crippen LogP contribution is -2.45. The number of nitrogens with zero attached hydrogens (tertiary/aromatic N) is 1. The predicted octanol–water partition coefficient (Wildman–Crippen LogP) is 3.43. The van der Waals surface area contributed by atoms with Gasteiger partial charge in [-0.25, -0.2) is 9.90 Å². The summed E-state index contributed by atoms with van der Waals surface area (Å²) in [4.78, 5) is 18.5. The summed E-state index contributed by atoms with van der Waals surface area (Å²) in [5, 5.41) is 1.51. The molecule has 1 aliphatic carbocycles. The molecule has 1 saturated carbocycles. The van der Waals surface area contributed by atoms with Crippen molar-refractivity contribution >= 4 is 5.91 Å². The van der Waals surface area contributed by atoms with Crippen LogP contribution in [-0.2, 0) is 14.4 Å². The largest absolute Gasteiger partial charge is 0.350 e. The van der Waals surface area contributed by atoms with Crippen molar-refractivity contribution in [2.75, 3.05) is 6.61 Å². The van der Waals surface area contributed by atoms with Gasteiger partial charge in [0.15, 0.2) is 6.29 Å². The number of amides is 1. The van der Waals surface area contributed by atoms with E-state index in [1.807, 2.05) is 6.92 Å². The summed E-state index contributed by atoms with van der Waals surface area (Å²) in [6.07, 6.45) is 10.0. The highest BCUT2D eigenvalue weighted by molar-refractivity contribution is 5.78. The van der Waals surface area contributed by atoms with Gasteiger partial charge in [-0.15, -0.1) is 6.58 Å². The molecule has 0 bridgehead atoms. The van der Waals surface area contributed by atoms with Gasteiger partial charge in [-0.05, 0) is 32.6 Å². The van der Waals surface area contributed by atoms with Gasteiger partial charge in [-0.1, -0.05) is 25.3 Å². The van der Waals surface area contributed by atoms with Crippen molar-refractivity contribution in [3.63, 3.8) is 0 Å². The van der Waals surface area contributed by atoms with E-state index in [9.17, 15) is 4.79 Å². The highest BCUT2D eigenvalue weighted by Crippen LogP contribution is 2.27. The fraction of sp³-hybridized carbons (Fsp3) is 0.812. The number of hydrogen-bond acceptors (Lipinski definition) is 3. The van der Waals surface area contributed by atoms with Crippen molar-refractivity contribution in [3.05, 3.63) is 12.7 Å². The summed E-state index contributed by atoms with van der Waals surface area (Å²) < 4.78 is 5.59. The average molecular weight is 281 g/mol. The lowest BCUT2D eigenvalue weighted by atomic mass is 9.88. The van der Waals surface area contributed by atoms with E-state index in [1.165, 1.54) is 11.5 Å². The van der Waals surface area contributed by atoms with Crippen LogP contribution in [0.1, 0.15) is 58.3 Å². The second kappa shape index (κ2) is 7.79. The number of hydrogen-bond donors (Lipinski definition) is 0. The lowest BCUT2D eigenvalue weighted by molar-refractivity contribution is -0.288. The average Bonchev–Trinajstić information content (AvgIpc) is 2.53. The minimum atomic E-state index is -0.279. The third-order valence-corrected chi connectivity index (χ3v) is 4.25. The molecule has 1 aliphatic heterocycles. The van der Waals surface area contributed by atoms with Crippen LogP contribution >= 0.6 is 0 Å². The molecule has 0 aromatic heterocycles. The lowest BCUT2D eigenvalue weighted by Gasteiger charge is -2.35. The van der Waals surface area contributed by atoms with Crippen molar-refractivity contribution in [3.8, 4) is 0 Å². The number of hydroxylamine groups is 2. The molecule has 0 N–H and O–H groups in total. The number of carbonyl (C=O) groups is 1. The molecule has 20 heavy (non-hydrogen) atoms. The van der Waals surface area contributed by atoms with Gasteiger partial charge in [0, 0.05) is 18.9 Å². The van der Waals surface area contributed by atoms with Crippen molar-refractivity contribution in [2.24, 2.45) is 5.92 Å². The van der Waals surface area contributed by atoms with Gasteiger partial charge in [0.2, 0.25) is 5.91 Å². The number of rotatable bonds is 5. The molecule has 2 rings (SSSR count). The molecule has 0 aromatic carbocycles. The summed E-state index contributed by atoms with van der Waals surface area (Å²) in [7, 11) is 0. The molecule has 2 fully saturated rings. The Kier molecular flexibility index (Phi) is 6.05. The van der Waals surface area contributed by atoms with E-state index in [4.69, 9.17) is 9.57 Å². The third kappa shape index (κ3) is 4.06. The van der Waals surface area contributed by atoms with E-state index in [0.717, 1.165) is 51.6 Å². The topological polar surface area (TPSA) is 38.8 Å². The first kappa shape index (κ1) is 15.5. The monoisotopic (exact) mass is 281 g/mol. The Balaban J connectivity index is 1.97. The van der Waals surface area contributed by atoms with Crippen LogP contribution in [0.25, 0.3) is 0 Å². The summed E-state index contributed by atoms with van der Waals surface area (Å²) in [6, 6.07) is -0.116.